The molecule has 1 aromatic rings. The Kier molecular flexibility index (Phi) is 6.40. The molecular formula is C17H24N2O4. The Morgan fingerprint density at radius 3 is 2.70 bits per heavy atom. The van der Waals surface area contributed by atoms with Gasteiger partial charge in [0.15, 0.2) is 0 Å². The number of carbonyl (C=O) groups is 2. The van der Waals surface area contributed by atoms with Crippen molar-refractivity contribution < 1.29 is 19.4 Å². The van der Waals surface area contributed by atoms with E-state index in [0.717, 1.165) is 12.8 Å². The number of unbranched alkanes of at least 4 members (excludes halogenated alkanes) is 1. The van der Waals surface area contributed by atoms with Crippen LogP contribution >= 0.6 is 0 Å². The molecule has 1 aliphatic rings. The monoisotopic (exact) mass is 320 g/mol. The van der Waals surface area contributed by atoms with Gasteiger partial charge in [-0.1, -0.05) is 31.5 Å². The average Bonchev–Trinajstić information content (AvgIpc) is 3.00. The fourth-order valence-electron chi connectivity index (χ4n) is 2.45. The molecule has 0 aliphatic carbocycles. The number of benzene rings is 1. The standard InChI is InChI=1S/C17H24N2O4/c1-2-3-11-23-17(22)19(14-7-5-4-6-8-14)13-16(21)18-10-9-15(20)12-18/h4-8,15,20H,2-3,9-13H2,1H3. The summed E-state index contributed by atoms with van der Waals surface area (Å²) >= 11 is 0. The van der Waals surface area contributed by atoms with E-state index in [1.165, 1.54) is 4.90 Å². The molecule has 0 spiro atoms. The Balaban J connectivity index is 2.04. The molecule has 1 unspecified atom stereocenters. The van der Waals surface area contributed by atoms with Crippen molar-refractivity contribution in [1.29, 1.82) is 0 Å². The quantitative estimate of drug-likeness (QED) is 0.814. The van der Waals surface area contributed by atoms with E-state index < -0.39 is 12.2 Å². The first kappa shape index (κ1) is 17.3. The Labute approximate surface area is 136 Å². The second-order valence-corrected chi connectivity index (χ2v) is 5.67. The van der Waals surface area contributed by atoms with Gasteiger partial charge in [0, 0.05) is 18.8 Å². The summed E-state index contributed by atoms with van der Waals surface area (Å²) in [6.45, 7) is 3.13. The number of nitrogens with zero attached hydrogens (tertiary/aromatic N) is 2. The van der Waals surface area contributed by atoms with Crippen LogP contribution in [0.15, 0.2) is 30.3 Å². The number of anilines is 1. The minimum atomic E-state index is -0.516. The number of aliphatic hydroxyl groups excluding tert-OH is 1. The van der Waals surface area contributed by atoms with Crippen LogP contribution in [0, 0.1) is 0 Å². The summed E-state index contributed by atoms with van der Waals surface area (Å²) in [6.07, 6.45) is 1.32. The molecule has 2 amide bonds. The van der Waals surface area contributed by atoms with E-state index in [0.29, 0.717) is 31.8 Å². The van der Waals surface area contributed by atoms with Gasteiger partial charge < -0.3 is 14.7 Å². The van der Waals surface area contributed by atoms with Crippen LogP contribution in [-0.2, 0) is 9.53 Å². The highest BCUT2D eigenvalue weighted by Crippen LogP contribution is 2.16. The number of aliphatic hydroxyl groups is 1. The highest BCUT2D eigenvalue weighted by Gasteiger charge is 2.28. The van der Waals surface area contributed by atoms with Gasteiger partial charge in [0.1, 0.15) is 6.54 Å². The molecule has 0 aromatic heterocycles. The number of hydrogen-bond acceptors (Lipinski definition) is 4. The predicted octanol–water partition coefficient (Wildman–Crippen LogP) is 2.02. The zero-order valence-electron chi connectivity index (χ0n) is 13.5. The molecule has 0 bridgehead atoms. The first-order chi connectivity index (χ1) is 11.1. The molecule has 6 nitrogen and oxygen atoms in total. The van der Waals surface area contributed by atoms with Crippen LogP contribution in [0.1, 0.15) is 26.2 Å². The summed E-state index contributed by atoms with van der Waals surface area (Å²) in [5.41, 5.74) is 0.627. The van der Waals surface area contributed by atoms with Gasteiger partial charge in [0.2, 0.25) is 5.91 Å². The van der Waals surface area contributed by atoms with Crippen molar-refractivity contribution in [1.82, 2.24) is 4.90 Å². The zero-order chi connectivity index (χ0) is 16.7. The van der Waals surface area contributed by atoms with E-state index >= 15 is 0 Å². The number of amides is 2. The van der Waals surface area contributed by atoms with Gasteiger partial charge in [0.05, 0.1) is 12.7 Å². The lowest BCUT2D eigenvalue weighted by Gasteiger charge is -2.24. The molecule has 6 heteroatoms. The molecule has 1 aromatic carbocycles. The topological polar surface area (TPSA) is 70.1 Å². The molecule has 2 rings (SSSR count). The highest BCUT2D eigenvalue weighted by atomic mass is 16.6. The summed E-state index contributed by atoms with van der Waals surface area (Å²) in [4.78, 5) is 27.6. The number of ether oxygens (including phenoxy) is 1. The van der Waals surface area contributed by atoms with Crippen molar-refractivity contribution in [3.05, 3.63) is 30.3 Å². The maximum atomic E-state index is 12.4. The second kappa shape index (κ2) is 8.53. The third-order valence-electron chi connectivity index (χ3n) is 3.82. The summed E-state index contributed by atoms with van der Waals surface area (Å²) in [6, 6.07) is 9.01. The van der Waals surface area contributed by atoms with Gasteiger partial charge in [0.25, 0.3) is 0 Å². The maximum Gasteiger partial charge on any atom is 0.414 e. The molecule has 23 heavy (non-hydrogen) atoms. The molecule has 126 valence electrons. The number of rotatable bonds is 6. The normalized spacial score (nSPS) is 17.1. The van der Waals surface area contributed by atoms with Gasteiger partial charge in [-0.3, -0.25) is 9.69 Å². The molecule has 1 atom stereocenters. The Bertz CT molecular complexity index is 521. The van der Waals surface area contributed by atoms with Gasteiger partial charge in [-0.15, -0.1) is 0 Å². The molecule has 1 saturated heterocycles. The van der Waals surface area contributed by atoms with Gasteiger partial charge in [-0.05, 0) is 25.0 Å². The lowest BCUT2D eigenvalue weighted by molar-refractivity contribution is -0.129. The van der Waals surface area contributed by atoms with Crippen LogP contribution in [0.25, 0.3) is 0 Å². The minimum absolute atomic E-state index is 0.0817. The Morgan fingerprint density at radius 2 is 2.09 bits per heavy atom. The van der Waals surface area contributed by atoms with E-state index in [4.69, 9.17) is 4.74 Å². The average molecular weight is 320 g/mol. The number of carbonyl (C=O) groups excluding carboxylic acids is 2. The van der Waals surface area contributed by atoms with Crippen LogP contribution in [0.3, 0.4) is 0 Å². The fraction of sp³-hybridized carbons (Fsp3) is 0.529. The van der Waals surface area contributed by atoms with E-state index in [2.05, 4.69) is 0 Å². The van der Waals surface area contributed by atoms with Crippen molar-refractivity contribution in [2.24, 2.45) is 0 Å². The molecule has 1 N–H and O–H groups in total. The van der Waals surface area contributed by atoms with Crippen molar-refractivity contribution in [2.75, 3.05) is 31.1 Å². The zero-order valence-corrected chi connectivity index (χ0v) is 13.5. The number of likely N-dealkylation sites (tertiary alicyclic amines) is 1. The van der Waals surface area contributed by atoms with Crippen LogP contribution < -0.4 is 4.90 Å². The number of para-hydroxylation sites is 1. The Morgan fingerprint density at radius 1 is 1.35 bits per heavy atom. The van der Waals surface area contributed by atoms with E-state index in [9.17, 15) is 14.7 Å². The number of β-amino-alcohol motifs (C(OH)–C–C–N with tert-alkyl or cyclic N) is 1. The molecule has 1 aliphatic heterocycles. The SMILES string of the molecule is CCCCOC(=O)N(CC(=O)N1CCC(O)C1)c1ccccc1. The largest absolute Gasteiger partial charge is 0.449 e. The van der Waals surface area contributed by atoms with Gasteiger partial charge >= 0.3 is 6.09 Å². The maximum absolute atomic E-state index is 12.4. The molecule has 1 heterocycles. The minimum Gasteiger partial charge on any atom is -0.449 e. The summed E-state index contributed by atoms with van der Waals surface area (Å²) in [5, 5.41) is 9.55. The van der Waals surface area contributed by atoms with Gasteiger partial charge in [-0.2, -0.15) is 0 Å². The summed E-state index contributed by atoms with van der Waals surface area (Å²) < 4.78 is 5.25. The number of hydrogen-bond donors (Lipinski definition) is 1. The van der Waals surface area contributed by atoms with E-state index in [1.807, 2.05) is 25.1 Å². The lowest BCUT2D eigenvalue weighted by atomic mass is 10.3. The van der Waals surface area contributed by atoms with Crippen molar-refractivity contribution >= 4 is 17.7 Å². The van der Waals surface area contributed by atoms with Crippen LogP contribution in [-0.4, -0.2) is 54.4 Å². The van der Waals surface area contributed by atoms with Crippen LogP contribution in [0.2, 0.25) is 0 Å². The third-order valence-corrected chi connectivity index (χ3v) is 3.82. The predicted molar refractivity (Wildman–Crippen MR) is 87.2 cm³/mol. The molecule has 0 saturated carbocycles. The molecule has 1 fully saturated rings. The van der Waals surface area contributed by atoms with E-state index in [-0.39, 0.29) is 12.5 Å². The first-order valence-corrected chi connectivity index (χ1v) is 8.07. The van der Waals surface area contributed by atoms with Crippen LogP contribution in [0.4, 0.5) is 10.5 Å². The van der Waals surface area contributed by atoms with E-state index in [1.54, 1.807) is 17.0 Å². The molecule has 0 radical (unpaired) electrons. The fourth-order valence-corrected chi connectivity index (χ4v) is 2.45. The smallest absolute Gasteiger partial charge is 0.414 e. The molecular weight excluding hydrogens is 296 g/mol. The lowest BCUT2D eigenvalue weighted by Crippen LogP contribution is -2.42. The van der Waals surface area contributed by atoms with Crippen molar-refractivity contribution in [2.45, 2.75) is 32.3 Å². The Hall–Kier alpha value is -2.08. The second-order valence-electron chi connectivity index (χ2n) is 5.67. The van der Waals surface area contributed by atoms with Crippen molar-refractivity contribution in [3.8, 4) is 0 Å². The van der Waals surface area contributed by atoms with Crippen LogP contribution in [0.5, 0.6) is 0 Å². The van der Waals surface area contributed by atoms with Gasteiger partial charge in [-0.25, -0.2) is 4.79 Å². The summed E-state index contributed by atoms with van der Waals surface area (Å²) in [7, 11) is 0. The third kappa shape index (κ3) is 4.96. The highest BCUT2D eigenvalue weighted by molar-refractivity contribution is 5.95. The van der Waals surface area contributed by atoms with Crippen molar-refractivity contribution in [3.63, 3.8) is 0 Å². The summed E-state index contributed by atoms with van der Waals surface area (Å²) in [5.74, 6) is -0.183. The first-order valence-electron chi connectivity index (χ1n) is 8.07.